The van der Waals surface area contributed by atoms with Crippen LogP contribution in [0.3, 0.4) is 0 Å². The van der Waals surface area contributed by atoms with Crippen LogP contribution < -0.4 is 5.73 Å². The van der Waals surface area contributed by atoms with Crippen LogP contribution in [0.15, 0.2) is 0 Å². The Morgan fingerprint density at radius 3 is 2.75 bits per heavy atom. The number of hydrogen-bond acceptors (Lipinski definition) is 4. The second kappa shape index (κ2) is 9.28. The highest BCUT2D eigenvalue weighted by Crippen LogP contribution is 2.14. The minimum absolute atomic E-state index is 0.488. The number of nitrogens with two attached hydrogens (primary N) is 1. The first-order chi connectivity index (χ1) is 7.86. The lowest BCUT2D eigenvalue weighted by atomic mass is 10.1. The number of likely N-dealkylation sites (tertiary alicyclic amines) is 1. The number of hydrogen-bond donors (Lipinski definition) is 1. The van der Waals surface area contributed by atoms with Crippen molar-refractivity contribution in [3.8, 4) is 0 Å². The van der Waals surface area contributed by atoms with Gasteiger partial charge in [0, 0.05) is 32.0 Å². The monoisotopic (exact) mass is 246 g/mol. The summed E-state index contributed by atoms with van der Waals surface area (Å²) in [6, 6.07) is 0. The highest BCUT2D eigenvalue weighted by molar-refractivity contribution is 7.99. The Hall–Kier alpha value is 0.230. The Morgan fingerprint density at radius 2 is 2.12 bits per heavy atom. The largest absolute Gasteiger partial charge is 0.378 e. The number of rotatable bonds is 8. The third-order valence-corrected chi connectivity index (χ3v) is 3.87. The van der Waals surface area contributed by atoms with Gasteiger partial charge < -0.3 is 15.4 Å². The smallest absolute Gasteiger partial charge is 0.0599 e. The van der Waals surface area contributed by atoms with E-state index in [0.717, 1.165) is 19.6 Å². The third kappa shape index (κ3) is 6.09. The molecule has 0 radical (unpaired) electrons. The molecule has 2 N–H and O–H groups in total. The second-order valence-electron chi connectivity index (χ2n) is 4.25. The van der Waals surface area contributed by atoms with E-state index in [0.29, 0.717) is 6.10 Å². The minimum atomic E-state index is 0.488. The summed E-state index contributed by atoms with van der Waals surface area (Å²) in [6.07, 6.45) is 3.87. The molecular formula is C12H26N2OS. The van der Waals surface area contributed by atoms with Crippen LogP contribution in [0.25, 0.3) is 0 Å². The Kier molecular flexibility index (Phi) is 8.29. The Labute approximate surface area is 104 Å². The van der Waals surface area contributed by atoms with Gasteiger partial charge in [-0.3, -0.25) is 0 Å². The van der Waals surface area contributed by atoms with Crippen LogP contribution in [-0.4, -0.2) is 55.3 Å². The second-order valence-corrected chi connectivity index (χ2v) is 5.64. The molecule has 16 heavy (non-hydrogen) atoms. The molecule has 0 aromatic heterocycles. The Balaban J connectivity index is 2.00. The number of ether oxygens (including phenoxy) is 1. The number of piperidine rings is 1. The van der Waals surface area contributed by atoms with Gasteiger partial charge in [-0.05, 0) is 31.6 Å². The number of nitrogens with zero attached hydrogens (tertiary/aromatic N) is 1. The van der Waals surface area contributed by atoms with Gasteiger partial charge in [0.1, 0.15) is 0 Å². The molecule has 4 heteroatoms. The molecule has 1 saturated heterocycles. The topological polar surface area (TPSA) is 38.5 Å². The van der Waals surface area contributed by atoms with Crippen LogP contribution in [0.1, 0.15) is 26.2 Å². The summed E-state index contributed by atoms with van der Waals surface area (Å²) in [6.45, 7) is 7.46. The molecule has 3 nitrogen and oxygen atoms in total. The maximum atomic E-state index is 5.79. The van der Waals surface area contributed by atoms with Crippen molar-refractivity contribution in [3.63, 3.8) is 0 Å². The van der Waals surface area contributed by atoms with E-state index in [1.165, 1.54) is 44.0 Å². The molecule has 1 aliphatic heterocycles. The van der Waals surface area contributed by atoms with Gasteiger partial charge in [-0.25, -0.2) is 0 Å². The fourth-order valence-electron chi connectivity index (χ4n) is 1.97. The molecule has 0 aromatic rings. The summed E-state index contributed by atoms with van der Waals surface area (Å²) in [5, 5.41) is 0. The molecule has 0 aliphatic carbocycles. The van der Waals surface area contributed by atoms with Crippen LogP contribution in [0, 0.1) is 0 Å². The minimum Gasteiger partial charge on any atom is -0.378 e. The molecule has 1 rings (SSSR count). The zero-order valence-corrected chi connectivity index (χ0v) is 11.3. The van der Waals surface area contributed by atoms with Crippen molar-refractivity contribution in [2.75, 3.05) is 44.3 Å². The first-order valence-electron chi connectivity index (χ1n) is 6.48. The fourth-order valence-corrected chi connectivity index (χ4v) is 2.65. The maximum absolute atomic E-state index is 5.79. The summed E-state index contributed by atoms with van der Waals surface area (Å²) in [4.78, 5) is 2.56. The van der Waals surface area contributed by atoms with E-state index in [1.54, 1.807) is 0 Å². The van der Waals surface area contributed by atoms with Gasteiger partial charge >= 0.3 is 0 Å². The van der Waals surface area contributed by atoms with Crippen LogP contribution in [0.2, 0.25) is 0 Å². The van der Waals surface area contributed by atoms with Crippen molar-refractivity contribution in [3.05, 3.63) is 0 Å². The Bertz CT molecular complexity index is 143. The molecular weight excluding hydrogens is 220 g/mol. The molecule has 96 valence electrons. The van der Waals surface area contributed by atoms with Gasteiger partial charge in [0.15, 0.2) is 0 Å². The van der Waals surface area contributed by atoms with Gasteiger partial charge in [0.05, 0.1) is 6.10 Å². The molecule has 0 spiro atoms. The first kappa shape index (κ1) is 14.3. The molecule has 1 heterocycles. The molecule has 0 bridgehead atoms. The van der Waals surface area contributed by atoms with E-state index in [-0.39, 0.29) is 0 Å². The van der Waals surface area contributed by atoms with Gasteiger partial charge in [-0.1, -0.05) is 6.92 Å². The highest BCUT2D eigenvalue weighted by Gasteiger charge is 2.18. The average molecular weight is 246 g/mol. The van der Waals surface area contributed by atoms with Crippen molar-refractivity contribution >= 4 is 11.8 Å². The van der Waals surface area contributed by atoms with E-state index >= 15 is 0 Å². The van der Waals surface area contributed by atoms with Crippen molar-refractivity contribution in [1.29, 1.82) is 0 Å². The third-order valence-electron chi connectivity index (χ3n) is 2.99. The highest BCUT2D eigenvalue weighted by atomic mass is 32.2. The molecule has 0 atom stereocenters. The fraction of sp³-hybridized carbons (Fsp3) is 1.00. The van der Waals surface area contributed by atoms with E-state index in [9.17, 15) is 0 Å². The SMILES string of the molecule is CCSCCN1CCC(OCCCN)CC1. The normalized spacial score (nSPS) is 19.1. The first-order valence-corrected chi connectivity index (χ1v) is 7.64. The average Bonchev–Trinajstić information content (AvgIpc) is 2.32. The molecule has 1 fully saturated rings. The summed E-state index contributed by atoms with van der Waals surface area (Å²) >= 11 is 2.03. The van der Waals surface area contributed by atoms with Crippen molar-refractivity contribution in [2.45, 2.75) is 32.3 Å². The lowest BCUT2D eigenvalue weighted by Gasteiger charge is -2.31. The maximum Gasteiger partial charge on any atom is 0.0599 e. The Morgan fingerprint density at radius 1 is 1.38 bits per heavy atom. The van der Waals surface area contributed by atoms with E-state index < -0.39 is 0 Å². The lowest BCUT2D eigenvalue weighted by molar-refractivity contribution is 0.00855. The van der Waals surface area contributed by atoms with Gasteiger partial charge in [-0.15, -0.1) is 0 Å². The molecule has 0 unspecified atom stereocenters. The van der Waals surface area contributed by atoms with E-state index in [4.69, 9.17) is 10.5 Å². The quantitative estimate of drug-likeness (QED) is 0.660. The predicted octanol–water partition coefficient (Wildman–Crippen LogP) is 1.57. The summed E-state index contributed by atoms with van der Waals surface area (Å²) in [7, 11) is 0. The predicted molar refractivity (Wildman–Crippen MR) is 72.1 cm³/mol. The van der Waals surface area contributed by atoms with Crippen LogP contribution in [0.4, 0.5) is 0 Å². The van der Waals surface area contributed by atoms with Gasteiger partial charge in [0.25, 0.3) is 0 Å². The van der Waals surface area contributed by atoms with E-state index in [1.807, 2.05) is 11.8 Å². The number of thioether (sulfide) groups is 1. The van der Waals surface area contributed by atoms with Crippen LogP contribution in [-0.2, 0) is 4.74 Å². The molecule has 0 saturated carbocycles. The summed E-state index contributed by atoms with van der Waals surface area (Å²) in [5.41, 5.74) is 5.44. The summed E-state index contributed by atoms with van der Waals surface area (Å²) < 4.78 is 5.79. The van der Waals surface area contributed by atoms with Gasteiger partial charge in [0.2, 0.25) is 0 Å². The van der Waals surface area contributed by atoms with Crippen LogP contribution >= 0.6 is 11.8 Å². The standard InChI is InChI=1S/C12H26N2OS/c1-2-16-11-9-14-7-4-12(5-8-14)15-10-3-6-13/h12H,2-11,13H2,1H3. The molecule has 0 amide bonds. The molecule has 1 aliphatic rings. The van der Waals surface area contributed by atoms with Crippen molar-refractivity contribution in [1.82, 2.24) is 4.90 Å². The zero-order valence-electron chi connectivity index (χ0n) is 10.5. The lowest BCUT2D eigenvalue weighted by Crippen LogP contribution is -2.38. The van der Waals surface area contributed by atoms with Gasteiger partial charge in [-0.2, -0.15) is 11.8 Å². The van der Waals surface area contributed by atoms with Crippen LogP contribution in [0.5, 0.6) is 0 Å². The zero-order chi connectivity index (χ0) is 11.6. The van der Waals surface area contributed by atoms with E-state index in [2.05, 4.69) is 11.8 Å². The van der Waals surface area contributed by atoms with Crippen molar-refractivity contribution < 1.29 is 4.74 Å². The van der Waals surface area contributed by atoms with Crippen molar-refractivity contribution in [2.24, 2.45) is 5.73 Å². The summed E-state index contributed by atoms with van der Waals surface area (Å²) in [5.74, 6) is 2.51. The molecule has 0 aromatic carbocycles.